The SMILES string of the molecule is COc1ccc(-c2cccnc2)cc1CN(C(=O)c1sc2c(F)ccc(F)c2c1Cl)C1CCC(N(C)C)CC1. The molecular weight excluding hydrogens is 540 g/mol. The van der Waals surface area contributed by atoms with Crippen molar-refractivity contribution in [2.45, 2.75) is 44.3 Å². The molecule has 39 heavy (non-hydrogen) atoms. The van der Waals surface area contributed by atoms with E-state index in [1.54, 1.807) is 19.5 Å². The lowest BCUT2D eigenvalue weighted by Crippen LogP contribution is -2.44. The fourth-order valence-corrected chi connectivity index (χ4v) is 6.92. The van der Waals surface area contributed by atoms with Crippen molar-refractivity contribution >= 4 is 38.9 Å². The van der Waals surface area contributed by atoms with Crippen LogP contribution in [0.25, 0.3) is 21.2 Å². The van der Waals surface area contributed by atoms with E-state index in [-0.39, 0.29) is 38.5 Å². The highest BCUT2D eigenvalue weighted by Crippen LogP contribution is 2.40. The van der Waals surface area contributed by atoms with Crippen molar-refractivity contribution in [1.82, 2.24) is 14.8 Å². The third-order valence-electron chi connectivity index (χ3n) is 7.59. The molecule has 0 unspecified atom stereocenters. The van der Waals surface area contributed by atoms with Crippen molar-refractivity contribution in [3.8, 4) is 16.9 Å². The summed E-state index contributed by atoms with van der Waals surface area (Å²) >= 11 is 7.47. The van der Waals surface area contributed by atoms with Crippen molar-refractivity contribution in [2.24, 2.45) is 0 Å². The van der Waals surface area contributed by atoms with Crippen molar-refractivity contribution in [3.05, 3.63) is 82.0 Å². The summed E-state index contributed by atoms with van der Waals surface area (Å²) < 4.78 is 34.9. The van der Waals surface area contributed by atoms with Crippen LogP contribution in [0.5, 0.6) is 5.75 Å². The minimum atomic E-state index is -0.643. The fourth-order valence-electron chi connectivity index (χ4n) is 5.42. The molecule has 0 atom stereocenters. The first kappa shape index (κ1) is 27.5. The zero-order chi connectivity index (χ0) is 27.7. The second kappa shape index (κ2) is 11.6. The van der Waals surface area contributed by atoms with Gasteiger partial charge in [0.1, 0.15) is 22.3 Å². The Labute approximate surface area is 236 Å². The molecule has 0 saturated heterocycles. The van der Waals surface area contributed by atoms with Crippen LogP contribution in [0.1, 0.15) is 40.9 Å². The van der Waals surface area contributed by atoms with Crippen molar-refractivity contribution in [3.63, 3.8) is 0 Å². The van der Waals surface area contributed by atoms with Crippen LogP contribution in [-0.2, 0) is 6.54 Å². The first-order valence-corrected chi connectivity index (χ1v) is 14.1. The Morgan fingerprint density at radius 3 is 2.41 bits per heavy atom. The Morgan fingerprint density at radius 2 is 1.77 bits per heavy atom. The smallest absolute Gasteiger partial charge is 0.266 e. The monoisotopic (exact) mass is 569 g/mol. The highest BCUT2D eigenvalue weighted by molar-refractivity contribution is 7.21. The molecule has 5 rings (SSSR count). The lowest BCUT2D eigenvalue weighted by atomic mass is 9.89. The molecule has 1 aliphatic carbocycles. The van der Waals surface area contributed by atoms with Crippen LogP contribution in [0, 0.1) is 11.6 Å². The number of ether oxygens (including phenoxy) is 1. The molecule has 0 aliphatic heterocycles. The van der Waals surface area contributed by atoms with Crippen LogP contribution in [-0.4, -0.2) is 54.0 Å². The van der Waals surface area contributed by atoms with Crippen LogP contribution < -0.4 is 4.74 Å². The molecule has 5 nitrogen and oxygen atoms in total. The molecular formula is C30H30ClF2N3O2S. The summed E-state index contributed by atoms with van der Waals surface area (Å²) in [6, 6.07) is 12.2. The lowest BCUT2D eigenvalue weighted by molar-refractivity contribution is 0.0573. The van der Waals surface area contributed by atoms with Crippen LogP contribution >= 0.6 is 22.9 Å². The predicted octanol–water partition coefficient (Wildman–Crippen LogP) is 7.42. The van der Waals surface area contributed by atoms with E-state index in [0.29, 0.717) is 11.8 Å². The number of hydrogen-bond donors (Lipinski definition) is 0. The van der Waals surface area contributed by atoms with Gasteiger partial charge in [-0.05, 0) is 75.7 Å². The summed E-state index contributed by atoms with van der Waals surface area (Å²) in [7, 11) is 5.75. The van der Waals surface area contributed by atoms with Crippen LogP contribution in [0.3, 0.4) is 0 Å². The maximum Gasteiger partial charge on any atom is 0.266 e. The summed E-state index contributed by atoms with van der Waals surface area (Å²) in [4.78, 5) is 22.6. The third-order valence-corrected chi connectivity index (χ3v) is 9.27. The second-order valence-corrected chi connectivity index (χ2v) is 11.5. The zero-order valence-corrected chi connectivity index (χ0v) is 23.7. The number of aromatic nitrogens is 1. The minimum absolute atomic E-state index is 0.0416. The van der Waals surface area contributed by atoms with Gasteiger partial charge in [-0.2, -0.15) is 0 Å². The van der Waals surface area contributed by atoms with Gasteiger partial charge in [-0.3, -0.25) is 9.78 Å². The first-order chi connectivity index (χ1) is 18.8. The first-order valence-electron chi connectivity index (χ1n) is 12.9. The Morgan fingerprint density at radius 1 is 1.05 bits per heavy atom. The van der Waals surface area contributed by atoms with Gasteiger partial charge in [0.05, 0.1) is 22.2 Å². The van der Waals surface area contributed by atoms with Gasteiger partial charge in [-0.15, -0.1) is 11.3 Å². The summed E-state index contributed by atoms with van der Waals surface area (Å²) in [5.41, 5.74) is 2.73. The number of carbonyl (C=O) groups excluding carboxylic acids is 1. The lowest BCUT2D eigenvalue weighted by Gasteiger charge is -2.39. The van der Waals surface area contributed by atoms with Gasteiger partial charge in [0.25, 0.3) is 5.91 Å². The molecule has 1 amide bonds. The summed E-state index contributed by atoms with van der Waals surface area (Å²) in [5, 5.41) is -0.0857. The maximum absolute atomic E-state index is 14.6. The van der Waals surface area contributed by atoms with E-state index < -0.39 is 11.6 Å². The van der Waals surface area contributed by atoms with E-state index >= 15 is 0 Å². The third kappa shape index (κ3) is 5.51. The number of benzene rings is 2. The molecule has 1 fully saturated rings. The average Bonchev–Trinajstić information content (AvgIpc) is 3.32. The van der Waals surface area contributed by atoms with Crippen LogP contribution in [0.4, 0.5) is 8.78 Å². The van der Waals surface area contributed by atoms with E-state index in [2.05, 4.69) is 24.0 Å². The molecule has 2 heterocycles. The molecule has 0 bridgehead atoms. The number of halogens is 3. The molecule has 0 N–H and O–H groups in total. The highest BCUT2D eigenvalue weighted by Gasteiger charge is 2.33. The molecule has 0 spiro atoms. The standard InChI is InChI=1S/C30H30ClF2N3O2S/c1-35(2)21-7-9-22(10-8-21)36(30(37)29-27(31)26-23(32)11-12-24(33)28(26)39-29)17-20-15-18(6-13-25(20)38-3)19-5-4-14-34-16-19/h4-6,11-16,21-22H,7-10,17H2,1-3H3. The molecule has 0 radical (unpaired) electrons. The molecule has 2 aromatic carbocycles. The number of pyridine rings is 1. The van der Waals surface area contributed by atoms with Crippen molar-refractivity contribution in [2.75, 3.05) is 21.2 Å². The number of thiophene rings is 1. The Balaban J connectivity index is 1.55. The minimum Gasteiger partial charge on any atom is -0.496 e. The number of hydrogen-bond acceptors (Lipinski definition) is 5. The Bertz CT molecular complexity index is 1490. The fraction of sp³-hybridized carbons (Fsp3) is 0.333. The van der Waals surface area contributed by atoms with Crippen molar-refractivity contribution < 1.29 is 18.3 Å². The van der Waals surface area contributed by atoms with Gasteiger partial charge in [0.2, 0.25) is 0 Å². The normalized spacial score (nSPS) is 17.5. The van der Waals surface area contributed by atoms with Gasteiger partial charge in [0.15, 0.2) is 0 Å². The van der Waals surface area contributed by atoms with Gasteiger partial charge in [-0.1, -0.05) is 23.7 Å². The molecule has 1 aliphatic rings. The number of amides is 1. The molecule has 1 saturated carbocycles. The van der Waals surface area contributed by atoms with E-state index in [9.17, 15) is 13.6 Å². The highest BCUT2D eigenvalue weighted by atomic mass is 35.5. The van der Waals surface area contributed by atoms with Gasteiger partial charge in [-0.25, -0.2) is 8.78 Å². The maximum atomic E-state index is 14.6. The van der Waals surface area contributed by atoms with Crippen LogP contribution in [0.2, 0.25) is 5.02 Å². The topological polar surface area (TPSA) is 45.7 Å². The van der Waals surface area contributed by atoms with E-state index in [0.717, 1.165) is 65.8 Å². The molecule has 2 aromatic heterocycles. The van der Waals surface area contributed by atoms with E-state index in [1.165, 1.54) is 0 Å². The number of methoxy groups -OCH3 is 1. The quantitative estimate of drug-likeness (QED) is 0.232. The summed E-state index contributed by atoms with van der Waals surface area (Å²) in [6.45, 7) is 0.267. The Kier molecular flexibility index (Phi) is 8.16. The largest absolute Gasteiger partial charge is 0.496 e. The summed E-state index contributed by atoms with van der Waals surface area (Å²) in [5.74, 6) is -0.916. The molecule has 9 heteroatoms. The van der Waals surface area contributed by atoms with E-state index in [4.69, 9.17) is 16.3 Å². The van der Waals surface area contributed by atoms with Gasteiger partial charge in [0, 0.05) is 42.1 Å². The average molecular weight is 570 g/mol. The van der Waals surface area contributed by atoms with Gasteiger partial charge < -0.3 is 14.5 Å². The van der Waals surface area contributed by atoms with Gasteiger partial charge >= 0.3 is 0 Å². The van der Waals surface area contributed by atoms with Crippen LogP contribution in [0.15, 0.2) is 54.9 Å². The number of nitrogens with zero attached hydrogens (tertiary/aromatic N) is 3. The second-order valence-electron chi connectivity index (χ2n) is 10.1. The van der Waals surface area contributed by atoms with Crippen molar-refractivity contribution in [1.29, 1.82) is 0 Å². The van der Waals surface area contributed by atoms with E-state index in [1.807, 2.05) is 35.2 Å². The number of fused-ring (bicyclic) bond motifs is 1. The molecule has 4 aromatic rings. The summed E-state index contributed by atoms with van der Waals surface area (Å²) in [6.07, 6.45) is 7.01. The number of rotatable bonds is 7. The zero-order valence-electron chi connectivity index (χ0n) is 22.1. The molecule has 204 valence electrons. The number of carbonyl (C=O) groups is 1. The Hall–Kier alpha value is -3.07. The predicted molar refractivity (Wildman–Crippen MR) is 153 cm³/mol.